The van der Waals surface area contributed by atoms with Crippen LogP contribution in [0.2, 0.25) is 0 Å². The highest BCUT2D eigenvalue weighted by atomic mass is 16.5. The van der Waals surface area contributed by atoms with Crippen molar-refractivity contribution in [1.82, 2.24) is 25.4 Å². The maximum atomic E-state index is 12.5. The van der Waals surface area contributed by atoms with E-state index in [1.807, 2.05) is 43.3 Å². The molecule has 156 valence electrons. The van der Waals surface area contributed by atoms with Crippen LogP contribution in [0.4, 0.5) is 0 Å². The number of ether oxygens (including phenoxy) is 1. The molecule has 1 amide bonds. The Kier molecular flexibility index (Phi) is 6.39. The minimum atomic E-state index is -0.129. The van der Waals surface area contributed by atoms with E-state index in [1.165, 1.54) is 0 Å². The first kappa shape index (κ1) is 20.1. The van der Waals surface area contributed by atoms with E-state index in [-0.39, 0.29) is 12.0 Å². The van der Waals surface area contributed by atoms with E-state index in [9.17, 15) is 4.79 Å². The van der Waals surface area contributed by atoms with Crippen molar-refractivity contribution in [3.63, 3.8) is 0 Å². The zero-order chi connectivity index (χ0) is 20.8. The maximum absolute atomic E-state index is 12.5. The molecule has 0 atom stereocenters. The van der Waals surface area contributed by atoms with Gasteiger partial charge in [-0.05, 0) is 56.2 Å². The highest BCUT2D eigenvalue weighted by Gasteiger charge is 2.21. The van der Waals surface area contributed by atoms with Gasteiger partial charge >= 0.3 is 0 Å². The first-order valence-corrected chi connectivity index (χ1v) is 10.3. The maximum Gasteiger partial charge on any atom is 0.251 e. The zero-order valence-corrected chi connectivity index (χ0v) is 17.2. The van der Waals surface area contributed by atoms with Crippen LogP contribution < -0.4 is 10.1 Å². The number of hydrogen-bond acceptors (Lipinski definition) is 5. The highest BCUT2D eigenvalue weighted by Crippen LogP contribution is 2.21. The Hall–Kier alpha value is -3.19. The molecule has 3 aromatic rings. The Morgan fingerprint density at radius 1 is 1.17 bits per heavy atom. The van der Waals surface area contributed by atoms with Gasteiger partial charge in [0.25, 0.3) is 5.91 Å². The Labute approximate surface area is 176 Å². The number of likely N-dealkylation sites (tertiary alicyclic amines) is 1. The molecule has 0 spiro atoms. The number of amides is 1. The average molecular weight is 406 g/mol. The van der Waals surface area contributed by atoms with E-state index < -0.39 is 0 Å². The molecule has 3 heterocycles. The number of rotatable bonds is 7. The Morgan fingerprint density at radius 3 is 2.77 bits per heavy atom. The number of aromatic amines is 1. The lowest BCUT2D eigenvalue weighted by atomic mass is 10.1. The zero-order valence-electron chi connectivity index (χ0n) is 17.2. The van der Waals surface area contributed by atoms with Crippen LogP contribution in [0.1, 0.15) is 40.3 Å². The van der Waals surface area contributed by atoms with Crippen molar-refractivity contribution in [3.05, 3.63) is 77.4 Å². The molecule has 0 saturated carbocycles. The summed E-state index contributed by atoms with van der Waals surface area (Å²) >= 11 is 0. The molecule has 0 unspecified atom stereocenters. The molecule has 0 radical (unpaired) electrons. The predicted molar refractivity (Wildman–Crippen MR) is 114 cm³/mol. The molecule has 1 aliphatic rings. The molecule has 2 aromatic heterocycles. The number of aryl methyl sites for hydroxylation is 1. The second kappa shape index (κ2) is 9.54. The monoisotopic (exact) mass is 405 g/mol. The Morgan fingerprint density at radius 2 is 2.03 bits per heavy atom. The molecule has 7 heteroatoms. The normalized spacial score (nSPS) is 15.1. The number of benzene rings is 1. The molecule has 0 aliphatic carbocycles. The molecule has 2 N–H and O–H groups in total. The minimum Gasteiger partial charge on any atom is -0.490 e. The van der Waals surface area contributed by atoms with Gasteiger partial charge in [-0.1, -0.05) is 12.1 Å². The summed E-state index contributed by atoms with van der Waals surface area (Å²) in [6.07, 6.45) is 3.80. The van der Waals surface area contributed by atoms with Gasteiger partial charge in [0.1, 0.15) is 11.9 Å². The summed E-state index contributed by atoms with van der Waals surface area (Å²) in [4.78, 5) is 19.1. The highest BCUT2D eigenvalue weighted by molar-refractivity contribution is 5.94. The molecule has 7 nitrogen and oxygen atoms in total. The van der Waals surface area contributed by atoms with Gasteiger partial charge < -0.3 is 10.1 Å². The fourth-order valence-electron chi connectivity index (χ4n) is 3.65. The van der Waals surface area contributed by atoms with Gasteiger partial charge in [0.15, 0.2) is 0 Å². The number of aromatic nitrogens is 3. The van der Waals surface area contributed by atoms with E-state index in [0.29, 0.717) is 12.1 Å². The van der Waals surface area contributed by atoms with Gasteiger partial charge in [0.2, 0.25) is 0 Å². The van der Waals surface area contributed by atoms with Gasteiger partial charge in [-0.25, -0.2) is 0 Å². The first-order chi connectivity index (χ1) is 14.7. The van der Waals surface area contributed by atoms with Crippen molar-refractivity contribution in [1.29, 1.82) is 0 Å². The summed E-state index contributed by atoms with van der Waals surface area (Å²) in [5, 5.41) is 10.2. The molecule has 1 aliphatic heterocycles. The lowest BCUT2D eigenvalue weighted by molar-refractivity contribution is 0.0932. The number of piperidine rings is 1. The number of pyridine rings is 1. The lowest BCUT2D eigenvalue weighted by Crippen LogP contribution is -2.37. The molecule has 1 fully saturated rings. The van der Waals surface area contributed by atoms with E-state index in [2.05, 4.69) is 31.5 Å². The third-order valence-electron chi connectivity index (χ3n) is 5.23. The Balaban J connectivity index is 1.26. The summed E-state index contributed by atoms with van der Waals surface area (Å²) in [5.41, 5.74) is 3.59. The van der Waals surface area contributed by atoms with E-state index in [4.69, 9.17) is 4.74 Å². The van der Waals surface area contributed by atoms with Crippen LogP contribution in [0, 0.1) is 6.92 Å². The smallest absolute Gasteiger partial charge is 0.251 e. The van der Waals surface area contributed by atoms with Crippen LogP contribution in [-0.4, -0.2) is 45.2 Å². The summed E-state index contributed by atoms with van der Waals surface area (Å²) in [6.45, 7) is 5.23. The van der Waals surface area contributed by atoms with Crippen LogP contribution in [0.3, 0.4) is 0 Å². The van der Waals surface area contributed by atoms with Gasteiger partial charge in [0, 0.05) is 37.1 Å². The van der Waals surface area contributed by atoms with Crippen LogP contribution in [-0.2, 0) is 13.1 Å². The molecule has 0 bridgehead atoms. The molecular formula is C23H27N5O2. The van der Waals surface area contributed by atoms with Crippen LogP contribution in [0.5, 0.6) is 5.75 Å². The second-order valence-corrected chi connectivity index (χ2v) is 7.67. The largest absolute Gasteiger partial charge is 0.490 e. The first-order valence-electron chi connectivity index (χ1n) is 10.3. The average Bonchev–Trinajstić information content (AvgIpc) is 3.19. The van der Waals surface area contributed by atoms with Crippen LogP contribution in [0.25, 0.3) is 0 Å². The number of hydrogen-bond donors (Lipinski definition) is 2. The minimum absolute atomic E-state index is 0.129. The van der Waals surface area contributed by atoms with Gasteiger partial charge in [-0.3, -0.25) is 19.8 Å². The fraction of sp³-hybridized carbons (Fsp3) is 0.348. The molecule has 1 aromatic carbocycles. The van der Waals surface area contributed by atoms with Crippen molar-refractivity contribution in [2.24, 2.45) is 0 Å². The number of H-pyrrole nitrogens is 1. The molecular weight excluding hydrogens is 378 g/mol. The van der Waals surface area contributed by atoms with Crippen molar-refractivity contribution >= 4 is 5.91 Å². The summed E-state index contributed by atoms with van der Waals surface area (Å²) in [5.74, 6) is 0.608. The molecule has 4 rings (SSSR count). The lowest BCUT2D eigenvalue weighted by Gasteiger charge is -2.31. The third-order valence-corrected chi connectivity index (χ3v) is 5.23. The topological polar surface area (TPSA) is 83.1 Å². The number of nitrogens with zero attached hydrogens (tertiary/aromatic N) is 3. The van der Waals surface area contributed by atoms with Gasteiger partial charge in [-0.2, -0.15) is 5.10 Å². The number of carbonyl (C=O) groups is 1. The third kappa shape index (κ3) is 5.45. The van der Waals surface area contributed by atoms with Crippen molar-refractivity contribution < 1.29 is 9.53 Å². The standard InChI is InChI=1S/C23H27N5O2/c1-17-13-20(27-26-17)16-28-11-8-21(9-12-28)30-22-7-4-5-18(14-22)23(29)25-15-19-6-2-3-10-24-19/h2-7,10,13-14,21H,8-9,11-12,15-16H2,1H3,(H,25,29)(H,26,27). The van der Waals surface area contributed by atoms with Crippen LogP contribution in [0.15, 0.2) is 54.7 Å². The second-order valence-electron chi connectivity index (χ2n) is 7.67. The van der Waals surface area contributed by atoms with Gasteiger partial charge in [0.05, 0.1) is 17.9 Å². The van der Waals surface area contributed by atoms with Crippen molar-refractivity contribution in [2.45, 2.75) is 39.0 Å². The molecule has 30 heavy (non-hydrogen) atoms. The summed E-state index contributed by atoms with van der Waals surface area (Å²) in [6, 6.07) is 15.1. The SMILES string of the molecule is Cc1cc(CN2CCC(Oc3cccc(C(=O)NCc4ccccn4)c3)CC2)n[nH]1. The van der Waals surface area contributed by atoms with Crippen molar-refractivity contribution in [2.75, 3.05) is 13.1 Å². The number of nitrogens with one attached hydrogen (secondary N) is 2. The van der Waals surface area contributed by atoms with Crippen LogP contribution >= 0.6 is 0 Å². The van der Waals surface area contributed by atoms with E-state index in [0.717, 1.165) is 55.3 Å². The van der Waals surface area contributed by atoms with Crippen molar-refractivity contribution in [3.8, 4) is 5.75 Å². The summed E-state index contributed by atoms with van der Waals surface area (Å²) in [7, 11) is 0. The number of carbonyl (C=O) groups excluding carboxylic acids is 1. The summed E-state index contributed by atoms with van der Waals surface area (Å²) < 4.78 is 6.17. The predicted octanol–water partition coefficient (Wildman–Crippen LogP) is 3.09. The van der Waals surface area contributed by atoms with Gasteiger partial charge in [-0.15, -0.1) is 0 Å². The Bertz CT molecular complexity index is 964. The quantitative estimate of drug-likeness (QED) is 0.631. The van der Waals surface area contributed by atoms with E-state index in [1.54, 1.807) is 12.3 Å². The van der Waals surface area contributed by atoms with E-state index >= 15 is 0 Å². The fourth-order valence-corrected chi connectivity index (χ4v) is 3.65. The molecule has 1 saturated heterocycles.